The van der Waals surface area contributed by atoms with E-state index in [0.717, 1.165) is 18.1 Å². The lowest BCUT2D eigenvalue weighted by Crippen LogP contribution is -2.21. The molecular formula is C15H22N2O2. The second-order valence-electron chi connectivity index (χ2n) is 6.86. The molecule has 4 heteroatoms. The van der Waals surface area contributed by atoms with Gasteiger partial charge in [0.2, 0.25) is 0 Å². The van der Waals surface area contributed by atoms with Gasteiger partial charge < -0.3 is 8.83 Å². The molecule has 0 bridgehead atoms. The maximum Gasteiger partial charge on any atom is 0.200 e. The molecule has 0 aliphatic heterocycles. The molecule has 0 aliphatic carbocycles. The molecule has 0 N–H and O–H groups in total. The van der Waals surface area contributed by atoms with Crippen LogP contribution in [0.3, 0.4) is 0 Å². The highest BCUT2D eigenvalue weighted by Crippen LogP contribution is 2.27. The summed E-state index contributed by atoms with van der Waals surface area (Å²) in [4.78, 5) is 8.57. The van der Waals surface area contributed by atoms with Crippen LogP contribution in [-0.4, -0.2) is 9.97 Å². The van der Waals surface area contributed by atoms with Crippen LogP contribution in [0.2, 0.25) is 0 Å². The molecule has 0 amide bonds. The van der Waals surface area contributed by atoms with Crippen molar-refractivity contribution in [3.8, 4) is 0 Å². The highest BCUT2D eigenvalue weighted by molar-refractivity contribution is 5.06. The molecule has 19 heavy (non-hydrogen) atoms. The van der Waals surface area contributed by atoms with Crippen molar-refractivity contribution in [3.05, 3.63) is 36.2 Å². The van der Waals surface area contributed by atoms with Gasteiger partial charge in [0.15, 0.2) is 11.8 Å². The van der Waals surface area contributed by atoms with Gasteiger partial charge >= 0.3 is 0 Å². The van der Waals surface area contributed by atoms with Crippen LogP contribution in [0.15, 0.2) is 27.5 Å². The van der Waals surface area contributed by atoms with E-state index in [-0.39, 0.29) is 10.8 Å². The van der Waals surface area contributed by atoms with E-state index in [0.29, 0.717) is 12.3 Å². The lowest BCUT2D eigenvalue weighted by atomic mass is 9.89. The van der Waals surface area contributed by atoms with Crippen LogP contribution in [0.1, 0.15) is 52.2 Å². The Hall–Kier alpha value is -1.58. The maximum absolute atomic E-state index is 5.81. The summed E-state index contributed by atoms with van der Waals surface area (Å²) >= 11 is 0. The molecule has 2 aromatic rings. The van der Waals surface area contributed by atoms with E-state index < -0.39 is 0 Å². The third-order valence-corrected chi connectivity index (χ3v) is 2.91. The molecule has 2 aromatic heterocycles. The molecule has 2 heterocycles. The third-order valence-electron chi connectivity index (χ3n) is 2.91. The molecule has 2 rings (SSSR count). The van der Waals surface area contributed by atoms with E-state index in [1.54, 1.807) is 12.5 Å². The summed E-state index contributed by atoms with van der Waals surface area (Å²) in [5.74, 6) is 2.39. The standard InChI is InChI=1S/C15H22N2O2/c1-14(2,3)8-11-10-17-12(19-11)9-15(4,5)13-16-6-7-18-13/h6-7,10H,8-9H2,1-5H3. The zero-order valence-electron chi connectivity index (χ0n) is 12.4. The molecule has 0 fully saturated rings. The molecule has 0 aliphatic rings. The van der Waals surface area contributed by atoms with E-state index in [1.807, 2.05) is 6.20 Å². The Kier molecular flexibility index (Phi) is 3.52. The quantitative estimate of drug-likeness (QED) is 0.841. The van der Waals surface area contributed by atoms with Crippen molar-refractivity contribution in [1.29, 1.82) is 0 Å². The summed E-state index contributed by atoms with van der Waals surface area (Å²) < 4.78 is 11.2. The van der Waals surface area contributed by atoms with E-state index in [1.165, 1.54) is 0 Å². The Labute approximate surface area is 114 Å². The molecule has 0 spiro atoms. The molecule has 0 radical (unpaired) electrons. The molecule has 0 unspecified atom stereocenters. The van der Waals surface area contributed by atoms with E-state index in [4.69, 9.17) is 8.83 Å². The van der Waals surface area contributed by atoms with Gasteiger partial charge in [0.25, 0.3) is 0 Å². The Bertz CT molecular complexity index is 519. The van der Waals surface area contributed by atoms with Crippen molar-refractivity contribution < 1.29 is 8.83 Å². The smallest absolute Gasteiger partial charge is 0.200 e. The van der Waals surface area contributed by atoms with Crippen LogP contribution in [-0.2, 0) is 18.3 Å². The molecule has 0 aromatic carbocycles. The minimum Gasteiger partial charge on any atom is -0.448 e. The molecular weight excluding hydrogens is 240 g/mol. The summed E-state index contributed by atoms with van der Waals surface area (Å²) in [6.45, 7) is 10.7. The largest absolute Gasteiger partial charge is 0.448 e. The lowest BCUT2D eigenvalue weighted by Gasteiger charge is -2.18. The van der Waals surface area contributed by atoms with Crippen molar-refractivity contribution in [2.45, 2.75) is 52.9 Å². The van der Waals surface area contributed by atoms with Crippen LogP contribution in [0.5, 0.6) is 0 Å². The van der Waals surface area contributed by atoms with Crippen LogP contribution >= 0.6 is 0 Å². The van der Waals surface area contributed by atoms with Crippen LogP contribution < -0.4 is 0 Å². The maximum atomic E-state index is 5.81. The van der Waals surface area contributed by atoms with Gasteiger partial charge in [-0.15, -0.1) is 0 Å². The minimum absolute atomic E-state index is 0.203. The topological polar surface area (TPSA) is 52.1 Å². The second-order valence-corrected chi connectivity index (χ2v) is 6.86. The monoisotopic (exact) mass is 262 g/mol. The Morgan fingerprint density at radius 1 is 1.05 bits per heavy atom. The second kappa shape index (κ2) is 4.83. The van der Waals surface area contributed by atoms with Gasteiger partial charge in [-0.25, -0.2) is 9.97 Å². The fourth-order valence-electron chi connectivity index (χ4n) is 2.05. The van der Waals surface area contributed by atoms with E-state index in [9.17, 15) is 0 Å². The molecule has 0 atom stereocenters. The Balaban J connectivity index is 2.08. The van der Waals surface area contributed by atoms with Gasteiger partial charge in [0.1, 0.15) is 12.0 Å². The molecule has 0 saturated heterocycles. The fraction of sp³-hybridized carbons (Fsp3) is 0.600. The summed E-state index contributed by atoms with van der Waals surface area (Å²) in [5, 5.41) is 0. The van der Waals surface area contributed by atoms with Gasteiger partial charge in [0.05, 0.1) is 12.4 Å². The first-order valence-corrected chi connectivity index (χ1v) is 6.60. The third kappa shape index (κ3) is 3.69. The van der Waals surface area contributed by atoms with Crippen LogP contribution in [0, 0.1) is 5.41 Å². The fourth-order valence-corrected chi connectivity index (χ4v) is 2.05. The normalized spacial score (nSPS) is 12.9. The van der Waals surface area contributed by atoms with Gasteiger partial charge in [-0.2, -0.15) is 0 Å². The lowest BCUT2D eigenvalue weighted by molar-refractivity contribution is 0.317. The van der Waals surface area contributed by atoms with Crippen molar-refractivity contribution >= 4 is 0 Å². The highest BCUT2D eigenvalue weighted by Gasteiger charge is 2.28. The van der Waals surface area contributed by atoms with Crippen molar-refractivity contribution in [2.75, 3.05) is 0 Å². The first-order valence-electron chi connectivity index (χ1n) is 6.60. The number of nitrogens with zero attached hydrogens (tertiary/aromatic N) is 2. The average Bonchev–Trinajstić information content (AvgIpc) is 2.86. The van der Waals surface area contributed by atoms with Gasteiger partial charge in [0, 0.05) is 18.3 Å². The predicted molar refractivity (Wildman–Crippen MR) is 72.9 cm³/mol. The van der Waals surface area contributed by atoms with Crippen molar-refractivity contribution in [2.24, 2.45) is 5.41 Å². The van der Waals surface area contributed by atoms with E-state index >= 15 is 0 Å². The number of rotatable bonds is 4. The van der Waals surface area contributed by atoms with Gasteiger partial charge in [-0.1, -0.05) is 34.6 Å². The number of oxazole rings is 2. The van der Waals surface area contributed by atoms with Gasteiger partial charge in [-0.05, 0) is 5.41 Å². The number of hydrogen-bond acceptors (Lipinski definition) is 4. The first-order chi connectivity index (χ1) is 8.76. The Morgan fingerprint density at radius 2 is 1.79 bits per heavy atom. The Morgan fingerprint density at radius 3 is 2.37 bits per heavy atom. The zero-order chi connectivity index (χ0) is 14.1. The summed E-state index contributed by atoms with van der Waals surface area (Å²) in [6.07, 6.45) is 6.65. The van der Waals surface area contributed by atoms with Crippen LogP contribution in [0.25, 0.3) is 0 Å². The predicted octanol–water partition coefficient (Wildman–Crippen LogP) is 3.77. The van der Waals surface area contributed by atoms with Crippen molar-refractivity contribution in [3.63, 3.8) is 0 Å². The summed E-state index contributed by atoms with van der Waals surface area (Å²) in [7, 11) is 0. The summed E-state index contributed by atoms with van der Waals surface area (Å²) in [6, 6.07) is 0. The molecule has 104 valence electrons. The average molecular weight is 262 g/mol. The zero-order valence-corrected chi connectivity index (χ0v) is 12.4. The van der Waals surface area contributed by atoms with Crippen LogP contribution in [0.4, 0.5) is 0 Å². The SMILES string of the molecule is CC(C)(C)Cc1cnc(CC(C)(C)c2ncco2)o1. The highest BCUT2D eigenvalue weighted by atomic mass is 16.4. The summed E-state index contributed by atoms with van der Waals surface area (Å²) in [5.41, 5.74) is -0.0117. The number of hydrogen-bond donors (Lipinski definition) is 0. The molecule has 0 saturated carbocycles. The first kappa shape index (κ1) is 13.8. The van der Waals surface area contributed by atoms with Crippen molar-refractivity contribution in [1.82, 2.24) is 9.97 Å². The minimum atomic E-state index is -0.215. The van der Waals surface area contributed by atoms with Gasteiger partial charge in [-0.3, -0.25) is 0 Å². The number of aromatic nitrogens is 2. The molecule has 4 nitrogen and oxygen atoms in total. The van der Waals surface area contributed by atoms with E-state index in [2.05, 4.69) is 44.6 Å².